The molecule has 0 spiro atoms. The summed E-state index contributed by atoms with van der Waals surface area (Å²) in [5, 5.41) is 3.20. The minimum Gasteiger partial charge on any atom is -0.337 e. The van der Waals surface area contributed by atoms with E-state index in [1.807, 2.05) is 18.0 Å². The summed E-state index contributed by atoms with van der Waals surface area (Å²) in [6.45, 7) is 2.71. The van der Waals surface area contributed by atoms with Crippen LogP contribution in [-0.2, 0) is 0 Å². The summed E-state index contributed by atoms with van der Waals surface area (Å²) in [6.07, 6.45) is 3.81. The van der Waals surface area contributed by atoms with E-state index in [9.17, 15) is 4.79 Å². The van der Waals surface area contributed by atoms with Crippen molar-refractivity contribution in [2.75, 3.05) is 26.7 Å². The number of nitrogens with zero attached hydrogens (tertiary/aromatic N) is 2. The fourth-order valence-electron chi connectivity index (χ4n) is 2.29. The average Bonchev–Trinajstić information content (AvgIpc) is 2.40. The van der Waals surface area contributed by atoms with Gasteiger partial charge in [0, 0.05) is 23.8 Å². The molecule has 1 fully saturated rings. The molecule has 0 radical (unpaired) electrons. The third-order valence-corrected chi connectivity index (χ3v) is 3.81. The summed E-state index contributed by atoms with van der Waals surface area (Å²) in [4.78, 5) is 18.3. The predicted molar refractivity (Wildman–Crippen MR) is 74.5 cm³/mol. The van der Waals surface area contributed by atoms with E-state index in [1.54, 1.807) is 12.3 Å². The monoisotopic (exact) mass is 311 g/mol. The summed E-state index contributed by atoms with van der Waals surface area (Å²) >= 11 is 3.32. The van der Waals surface area contributed by atoms with E-state index < -0.39 is 0 Å². The van der Waals surface area contributed by atoms with Gasteiger partial charge in [0.15, 0.2) is 0 Å². The van der Waals surface area contributed by atoms with Crippen LogP contribution in [0.25, 0.3) is 0 Å². The minimum absolute atomic E-state index is 0.0467. The zero-order chi connectivity index (χ0) is 13.0. The first kappa shape index (κ1) is 13.5. The second-order valence-corrected chi connectivity index (χ2v) is 5.57. The van der Waals surface area contributed by atoms with Gasteiger partial charge < -0.3 is 10.2 Å². The summed E-state index contributed by atoms with van der Waals surface area (Å²) < 4.78 is 0.895. The Morgan fingerprint density at radius 1 is 1.50 bits per heavy atom. The number of piperidine rings is 1. The highest BCUT2D eigenvalue weighted by atomic mass is 79.9. The van der Waals surface area contributed by atoms with E-state index in [2.05, 4.69) is 26.2 Å². The molecule has 1 amide bonds. The lowest BCUT2D eigenvalue weighted by Crippen LogP contribution is -2.40. The van der Waals surface area contributed by atoms with Crippen molar-refractivity contribution in [3.63, 3.8) is 0 Å². The molecule has 1 aromatic heterocycles. The predicted octanol–water partition coefficient (Wildman–Crippen LogP) is 1.92. The van der Waals surface area contributed by atoms with Crippen molar-refractivity contribution < 1.29 is 4.79 Å². The van der Waals surface area contributed by atoms with E-state index in [0.29, 0.717) is 11.6 Å². The number of aromatic nitrogens is 1. The third kappa shape index (κ3) is 3.29. The molecule has 2 rings (SSSR count). The van der Waals surface area contributed by atoms with Gasteiger partial charge in [-0.1, -0.05) is 0 Å². The maximum Gasteiger partial charge on any atom is 0.272 e. The molecule has 1 aliphatic rings. The summed E-state index contributed by atoms with van der Waals surface area (Å²) in [7, 11) is 1.98. The van der Waals surface area contributed by atoms with Crippen LogP contribution in [0.15, 0.2) is 22.8 Å². The standard InChI is InChI=1S/C13H18BrN3O/c1-15-8-10-4-6-17(7-5-10)13(18)12-3-2-11(14)9-16-12/h2-3,9-10,15H,4-8H2,1H3. The second-order valence-electron chi connectivity index (χ2n) is 4.65. The number of hydrogen-bond donors (Lipinski definition) is 1. The quantitative estimate of drug-likeness (QED) is 0.927. The first-order valence-electron chi connectivity index (χ1n) is 6.26. The van der Waals surface area contributed by atoms with Gasteiger partial charge in [0.25, 0.3) is 5.91 Å². The molecular weight excluding hydrogens is 294 g/mol. The topological polar surface area (TPSA) is 45.2 Å². The Balaban J connectivity index is 1.93. The number of carbonyl (C=O) groups is 1. The SMILES string of the molecule is CNCC1CCN(C(=O)c2ccc(Br)cn2)CC1. The molecule has 0 aromatic carbocycles. The Bertz CT molecular complexity index is 399. The van der Waals surface area contributed by atoms with Crippen LogP contribution in [-0.4, -0.2) is 42.5 Å². The van der Waals surface area contributed by atoms with Gasteiger partial charge in [-0.05, 0) is 60.4 Å². The number of rotatable bonds is 3. The minimum atomic E-state index is 0.0467. The molecule has 98 valence electrons. The van der Waals surface area contributed by atoms with Crippen molar-refractivity contribution in [1.29, 1.82) is 0 Å². The van der Waals surface area contributed by atoms with E-state index >= 15 is 0 Å². The van der Waals surface area contributed by atoms with E-state index in [1.165, 1.54) is 0 Å². The van der Waals surface area contributed by atoms with Crippen molar-refractivity contribution in [1.82, 2.24) is 15.2 Å². The van der Waals surface area contributed by atoms with Crippen molar-refractivity contribution in [2.45, 2.75) is 12.8 Å². The first-order chi connectivity index (χ1) is 8.70. The maximum atomic E-state index is 12.2. The van der Waals surface area contributed by atoms with Crippen molar-refractivity contribution in [2.24, 2.45) is 5.92 Å². The van der Waals surface area contributed by atoms with E-state index in [4.69, 9.17) is 0 Å². The number of amides is 1. The zero-order valence-electron chi connectivity index (χ0n) is 10.5. The van der Waals surface area contributed by atoms with Crippen LogP contribution in [0.4, 0.5) is 0 Å². The molecule has 2 heterocycles. The summed E-state index contributed by atoms with van der Waals surface area (Å²) in [5.41, 5.74) is 0.533. The Labute approximate surface area is 116 Å². The Morgan fingerprint density at radius 3 is 2.78 bits per heavy atom. The molecule has 0 unspecified atom stereocenters. The van der Waals surface area contributed by atoms with Crippen LogP contribution < -0.4 is 5.32 Å². The lowest BCUT2D eigenvalue weighted by Gasteiger charge is -2.31. The van der Waals surface area contributed by atoms with Crippen LogP contribution in [0.5, 0.6) is 0 Å². The smallest absolute Gasteiger partial charge is 0.272 e. The van der Waals surface area contributed by atoms with Gasteiger partial charge in [0.2, 0.25) is 0 Å². The summed E-state index contributed by atoms with van der Waals surface area (Å²) in [5.74, 6) is 0.738. The van der Waals surface area contributed by atoms with Crippen molar-refractivity contribution >= 4 is 21.8 Å². The average molecular weight is 312 g/mol. The Hall–Kier alpha value is -0.940. The first-order valence-corrected chi connectivity index (χ1v) is 7.05. The molecule has 5 heteroatoms. The van der Waals surface area contributed by atoms with Crippen LogP contribution in [0.1, 0.15) is 23.3 Å². The van der Waals surface area contributed by atoms with Crippen molar-refractivity contribution in [3.05, 3.63) is 28.5 Å². The van der Waals surface area contributed by atoms with Crippen LogP contribution in [0.3, 0.4) is 0 Å². The fraction of sp³-hybridized carbons (Fsp3) is 0.538. The lowest BCUT2D eigenvalue weighted by atomic mass is 9.96. The van der Waals surface area contributed by atoms with E-state index in [0.717, 1.165) is 36.9 Å². The molecule has 1 N–H and O–H groups in total. The normalized spacial score (nSPS) is 16.9. The van der Waals surface area contributed by atoms with Gasteiger partial charge in [0.1, 0.15) is 5.69 Å². The van der Waals surface area contributed by atoms with Gasteiger partial charge in [-0.15, -0.1) is 0 Å². The van der Waals surface area contributed by atoms with Gasteiger partial charge in [-0.25, -0.2) is 4.98 Å². The van der Waals surface area contributed by atoms with Gasteiger partial charge >= 0.3 is 0 Å². The second kappa shape index (κ2) is 6.29. The number of nitrogens with one attached hydrogen (secondary N) is 1. The summed E-state index contributed by atoms with van der Waals surface area (Å²) in [6, 6.07) is 3.63. The molecule has 1 aliphatic heterocycles. The highest BCUT2D eigenvalue weighted by molar-refractivity contribution is 9.10. The van der Waals surface area contributed by atoms with Gasteiger partial charge in [0.05, 0.1) is 0 Å². The Morgan fingerprint density at radius 2 is 2.22 bits per heavy atom. The highest BCUT2D eigenvalue weighted by Gasteiger charge is 2.23. The lowest BCUT2D eigenvalue weighted by molar-refractivity contribution is 0.0685. The molecule has 0 saturated carbocycles. The van der Waals surface area contributed by atoms with E-state index in [-0.39, 0.29) is 5.91 Å². The Kier molecular flexibility index (Phi) is 4.72. The molecule has 0 atom stereocenters. The molecule has 4 nitrogen and oxygen atoms in total. The van der Waals surface area contributed by atoms with Crippen LogP contribution in [0, 0.1) is 5.92 Å². The fourth-order valence-corrected chi connectivity index (χ4v) is 2.53. The number of hydrogen-bond acceptors (Lipinski definition) is 3. The molecule has 18 heavy (non-hydrogen) atoms. The zero-order valence-corrected chi connectivity index (χ0v) is 12.1. The molecule has 1 aromatic rings. The maximum absolute atomic E-state index is 12.2. The number of halogens is 1. The van der Waals surface area contributed by atoms with Gasteiger partial charge in [-0.3, -0.25) is 4.79 Å². The molecule has 1 saturated heterocycles. The highest BCUT2D eigenvalue weighted by Crippen LogP contribution is 2.18. The van der Waals surface area contributed by atoms with Crippen LogP contribution >= 0.6 is 15.9 Å². The number of pyridine rings is 1. The molecule has 0 bridgehead atoms. The van der Waals surface area contributed by atoms with Gasteiger partial charge in [-0.2, -0.15) is 0 Å². The largest absolute Gasteiger partial charge is 0.337 e. The number of carbonyl (C=O) groups excluding carboxylic acids is 1. The van der Waals surface area contributed by atoms with Crippen LogP contribution in [0.2, 0.25) is 0 Å². The molecule has 0 aliphatic carbocycles. The number of likely N-dealkylation sites (tertiary alicyclic amines) is 1. The third-order valence-electron chi connectivity index (χ3n) is 3.34. The molecular formula is C13H18BrN3O. The van der Waals surface area contributed by atoms with Crippen molar-refractivity contribution in [3.8, 4) is 0 Å².